The van der Waals surface area contributed by atoms with Crippen molar-refractivity contribution in [2.75, 3.05) is 19.3 Å². The summed E-state index contributed by atoms with van der Waals surface area (Å²) in [6, 6.07) is 3.31. The Morgan fingerprint density at radius 3 is 2.53 bits per heavy atom. The number of sulfone groups is 1. The molecule has 0 radical (unpaired) electrons. The van der Waals surface area contributed by atoms with E-state index in [-0.39, 0.29) is 41.1 Å². The number of benzene rings is 1. The number of alkyl halides is 5. The molecule has 1 saturated heterocycles. The molecule has 3 atom stereocenters. The number of fused-ring (bicyclic) bond motifs is 1. The molecule has 0 N–H and O–H groups in total. The number of ether oxygens (including phenoxy) is 1. The molecule has 2 fully saturated rings. The largest absolute Gasteiger partial charge is 0.484 e. The quantitative estimate of drug-likeness (QED) is 0.551. The monoisotopic (exact) mass is 509 g/mol. The van der Waals surface area contributed by atoms with Crippen molar-refractivity contribution in [2.45, 2.75) is 48.8 Å². The van der Waals surface area contributed by atoms with Gasteiger partial charge in [0.1, 0.15) is 5.75 Å². The summed E-state index contributed by atoms with van der Waals surface area (Å²) in [5.74, 6) is -6.09. The smallest absolute Gasteiger partial charge is 0.455 e. The Kier molecular flexibility index (Phi) is 5.46. The highest BCUT2D eigenvalue weighted by Crippen LogP contribution is 2.59. The summed E-state index contributed by atoms with van der Waals surface area (Å²) in [4.78, 5) is 17.8. The Bertz CT molecular complexity index is 1240. The molecule has 2 heterocycles. The molecule has 0 bridgehead atoms. The topological polar surface area (TPSA) is 103 Å². The van der Waals surface area contributed by atoms with Gasteiger partial charge in [0.2, 0.25) is 5.89 Å². The molecule has 0 spiro atoms. The molecule has 1 amide bonds. The van der Waals surface area contributed by atoms with Crippen LogP contribution < -0.4 is 4.74 Å². The van der Waals surface area contributed by atoms with Crippen LogP contribution in [0.4, 0.5) is 22.0 Å². The van der Waals surface area contributed by atoms with Crippen LogP contribution in [0.15, 0.2) is 27.6 Å². The van der Waals surface area contributed by atoms with Gasteiger partial charge in [0.05, 0.1) is 15.9 Å². The number of carbonyl (C=O) groups is 1. The van der Waals surface area contributed by atoms with Gasteiger partial charge in [-0.05, 0) is 37.5 Å². The molecule has 4 rings (SSSR count). The maximum absolute atomic E-state index is 13.7. The van der Waals surface area contributed by atoms with Crippen LogP contribution in [-0.4, -0.2) is 60.7 Å². The van der Waals surface area contributed by atoms with E-state index >= 15 is 0 Å². The van der Waals surface area contributed by atoms with Gasteiger partial charge in [-0.2, -0.15) is 18.2 Å². The molecule has 186 valence electrons. The Morgan fingerprint density at radius 1 is 1.29 bits per heavy atom. The van der Waals surface area contributed by atoms with Crippen molar-refractivity contribution < 1.29 is 44.4 Å². The van der Waals surface area contributed by atoms with Crippen molar-refractivity contribution in [3.8, 4) is 5.75 Å². The molecule has 1 aromatic heterocycles. The minimum atomic E-state index is -4.78. The number of hydrogen-bond acceptors (Lipinski definition) is 7. The van der Waals surface area contributed by atoms with Crippen LogP contribution in [0.25, 0.3) is 0 Å². The van der Waals surface area contributed by atoms with Gasteiger partial charge in [-0.3, -0.25) is 4.79 Å². The minimum Gasteiger partial charge on any atom is -0.484 e. The molecule has 3 unspecified atom stereocenters. The predicted molar refractivity (Wildman–Crippen MR) is 105 cm³/mol. The lowest BCUT2D eigenvalue weighted by Gasteiger charge is -2.25. The summed E-state index contributed by atoms with van der Waals surface area (Å²) in [5, 5.41) is 2.97. The van der Waals surface area contributed by atoms with Gasteiger partial charge >= 0.3 is 6.18 Å². The van der Waals surface area contributed by atoms with Crippen molar-refractivity contribution in [3.05, 3.63) is 35.5 Å². The molecule has 14 heteroatoms. The van der Waals surface area contributed by atoms with Crippen LogP contribution in [0.5, 0.6) is 5.75 Å². The first-order valence-corrected chi connectivity index (χ1v) is 12.0. The van der Waals surface area contributed by atoms with E-state index in [4.69, 9.17) is 9.26 Å². The van der Waals surface area contributed by atoms with Crippen LogP contribution in [0.3, 0.4) is 0 Å². The van der Waals surface area contributed by atoms with Crippen LogP contribution in [0.2, 0.25) is 0 Å². The lowest BCUT2D eigenvalue weighted by atomic mass is 10.1. The molecule has 8 nitrogen and oxygen atoms in total. The van der Waals surface area contributed by atoms with Crippen LogP contribution >= 0.6 is 0 Å². The number of rotatable bonds is 6. The highest BCUT2D eigenvalue weighted by atomic mass is 32.2. The summed E-state index contributed by atoms with van der Waals surface area (Å²) in [6.45, 7) is 1.82. The molecule has 1 aromatic carbocycles. The zero-order valence-corrected chi connectivity index (χ0v) is 19.0. The Labute approximate surface area is 191 Å². The van der Waals surface area contributed by atoms with Crippen molar-refractivity contribution >= 4 is 15.7 Å². The standard InChI is InChI=1S/C20H20F5N3O5S/c1-10(18(2,21)22)32-14-5-4-12(34(3,30)31)6-13(14)15(29)28-8-11-7-19(11,9-28)17-26-16(27-33-17)20(23,24)25/h4-6,10-11H,7-9H2,1-3H3. The number of amides is 1. The Balaban J connectivity index is 1.63. The lowest BCUT2D eigenvalue weighted by Crippen LogP contribution is -2.35. The van der Waals surface area contributed by atoms with Crippen molar-refractivity contribution in [1.82, 2.24) is 15.0 Å². The van der Waals surface area contributed by atoms with Crippen molar-refractivity contribution in [2.24, 2.45) is 5.92 Å². The van der Waals surface area contributed by atoms with E-state index in [9.17, 15) is 35.2 Å². The highest BCUT2D eigenvalue weighted by Gasteiger charge is 2.66. The molecule has 1 aliphatic heterocycles. The maximum atomic E-state index is 13.7. The fraction of sp³-hybridized carbons (Fsp3) is 0.550. The van der Waals surface area contributed by atoms with E-state index in [0.29, 0.717) is 13.3 Å². The number of halogens is 5. The number of likely N-dealkylation sites (tertiary alicyclic amines) is 1. The minimum absolute atomic E-state index is 0.0575. The number of piperidine rings is 1. The summed E-state index contributed by atoms with van der Waals surface area (Å²) in [6.07, 6.45) is -5.05. The predicted octanol–water partition coefficient (Wildman–Crippen LogP) is 3.33. The summed E-state index contributed by atoms with van der Waals surface area (Å²) >= 11 is 0. The second-order valence-corrected chi connectivity index (χ2v) is 10.8. The SMILES string of the molecule is CC(Oc1ccc(S(C)(=O)=O)cc1C(=O)N1CC2CC2(c2nc(C(F)(F)F)no2)C1)C(C)(F)F. The number of hydrogen-bond donors (Lipinski definition) is 0. The zero-order valence-electron chi connectivity index (χ0n) is 18.2. The number of aromatic nitrogens is 2. The number of carbonyl (C=O) groups excluding carboxylic acids is 1. The van der Waals surface area contributed by atoms with Gasteiger partial charge in [0.25, 0.3) is 17.7 Å². The van der Waals surface area contributed by atoms with E-state index in [0.717, 1.165) is 31.4 Å². The first-order chi connectivity index (χ1) is 15.5. The van der Waals surface area contributed by atoms with E-state index in [1.807, 2.05) is 0 Å². The molecule has 34 heavy (non-hydrogen) atoms. The van der Waals surface area contributed by atoms with E-state index < -0.39 is 45.2 Å². The maximum Gasteiger partial charge on any atom is 0.455 e. The molecular weight excluding hydrogens is 489 g/mol. The highest BCUT2D eigenvalue weighted by molar-refractivity contribution is 7.90. The normalized spacial score (nSPS) is 23.5. The third kappa shape index (κ3) is 4.34. The van der Waals surface area contributed by atoms with E-state index in [1.54, 1.807) is 0 Å². The van der Waals surface area contributed by atoms with Crippen molar-refractivity contribution in [1.29, 1.82) is 0 Å². The van der Waals surface area contributed by atoms with Gasteiger partial charge in [0, 0.05) is 26.3 Å². The average molecular weight is 509 g/mol. The molecule has 1 saturated carbocycles. The molecule has 1 aliphatic carbocycles. The molecule has 2 aliphatic rings. The Morgan fingerprint density at radius 2 is 1.97 bits per heavy atom. The van der Waals surface area contributed by atoms with Crippen LogP contribution in [0, 0.1) is 5.92 Å². The van der Waals surface area contributed by atoms with E-state index in [1.165, 1.54) is 4.90 Å². The average Bonchev–Trinajstić information content (AvgIpc) is 3.07. The van der Waals surface area contributed by atoms with Gasteiger partial charge in [-0.15, -0.1) is 0 Å². The first-order valence-electron chi connectivity index (χ1n) is 10.1. The fourth-order valence-electron chi connectivity index (χ4n) is 3.98. The lowest BCUT2D eigenvalue weighted by molar-refractivity contribution is -0.146. The van der Waals surface area contributed by atoms with Gasteiger partial charge in [0.15, 0.2) is 15.9 Å². The van der Waals surface area contributed by atoms with Crippen LogP contribution in [0.1, 0.15) is 42.3 Å². The second kappa shape index (κ2) is 7.62. The summed E-state index contributed by atoms with van der Waals surface area (Å²) < 4.78 is 100.0. The van der Waals surface area contributed by atoms with Gasteiger partial charge < -0.3 is 14.2 Å². The second-order valence-electron chi connectivity index (χ2n) is 8.81. The third-order valence-electron chi connectivity index (χ3n) is 6.17. The zero-order chi connectivity index (χ0) is 25.3. The summed E-state index contributed by atoms with van der Waals surface area (Å²) in [7, 11) is -3.74. The van der Waals surface area contributed by atoms with Gasteiger partial charge in [-0.25, -0.2) is 17.2 Å². The van der Waals surface area contributed by atoms with Gasteiger partial charge in [-0.1, -0.05) is 5.16 Å². The van der Waals surface area contributed by atoms with Crippen molar-refractivity contribution in [3.63, 3.8) is 0 Å². The number of nitrogens with zero attached hydrogens (tertiary/aromatic N) is 3. The summed E-state index contributed by atoms with van der Waals surface area (Å²) in [5.41, 5.74) is -1.19. The van der Waals surface area contributed by atoms with E-state index in [2.05, 4.69) is 10.1 Å². The third-order valence-corrected chi connectivity index (χ3v) is 7.28. The first kappa shape index (κ1) is 24.4. The molecule has 2 aromatic rings. The van der Waals surface area contributed by atoms with Crippen LogP contribution in [-0.2, 0) is 21.4 Å². The fourth-order valence-corrected chi connectivity index (χ4v) is 4.63. The Hall–Kier alpha value is -2.77. The molecular formula is C20H20F5N3O5S.